The van der Waals surface area contributed by atoms with Gasteiger partial charge in [-0.1, -0.05) is 18.2 Å². The molecule has 1 amide bonds. The van der Waals surface area contributed by atoms with E-state index in [9.17, 15) is 13.2 Å². The molecular weight excluding hydrogens is 364 g/mol. The summed E-state index contributed by atoms with van der Waals surface area (Å²) in [5, 5.41) is 2.82. The van der Waals surface area contributed by atoms with E-state index >= 15 is 0 Å². The van der Waals surface area contributed by atoms with Gasteiger partial charge in [0.15, 0.2) is 0 Å². The molecule has 0 bridgehead atoms. The van der Waals surface area contributed by atoms with Crippen LogP contribution in [0.25, 0.3) is 0 Å². The van der Waals surface area contributed by atoms with Crippen molar-refractivity contribution in [3.8, 4) is 5.75 Å². The molecule has 0 fully saturated rings. The molecule has 0 aliphatic carbocycles. The number of ether oxygens (including phenoxy) is 1. The van der Waals surface area contributed by atoms with E-state index in [0.29, 0.717) is 18.5 Å². The van der Waals surface area contributed by atoms with Crippen molar-refractivity contribution in [1.82, 2.24) is 10.0 Å². The summed E-state index contributed by atoms with van der Waals surface area (Å²) in [4.78, 5) is 12.4. The van der Waals surface area contributed by atoms with Gasteiger partial charge in [-0.2, -0.15) is 0 Å². The van der Waals surface area contributed by atoms with E-state index in [1.807, 2.05) is 24.3 Å². The third kappa shape index (κ3) is 6.37. The smallest absolute Gasteiger partial charge is 0.251 e. The van der Waals surface area contributed by atoms with Crippen LogP contribution in [0.4, 0.5) is 0 Å². The maximum Gasteiger partial charge on any atom is 0.251 e. The Hall–Kier alpha value is -2.38. The van der Waals surface area contributed by atoms with E-state index in [-0.39, 0.29) is 10.8 Å². The molecule has 0 aliphatic rings. The van der Waals surface area contributed by atoms with Crippen LogP contribution in [-0.2, 0) is 16.4 Å². The monoisotopic (exact) mass is 390 g/mol. The lowest BCUT2D eigenvalue weighted by Gasteiger charge is -2.20. The Bertz CT molecular complexity index is 902. The van der Waals surface area contributed by atoms with Gasteiger partial charge in [-0.3, -0.25) is 4.79 Å². The molecule has 0 aromatic heterocycles. The lowest BCUT2D eigenvalue weighted by atomic mass is 10.1. The first-order valence-electron chi connectivity index (χ1n) is 8.66. The highest BCUT2D eigenvalue weighted by atomic mass is 32.2. The van der Waals surface area contributed by atoms with Crippen molar-refractivity contribution < 1.29 is 17.9 Å². The van der Waals surface area contributed by atoms with Crippen molar-refractivity contribution in [1.29, 1.82) is 0 Å². The third-order valence-corrected chi connectivity index (χ3v) is 5.44. The maximum absolute atomic E-state index is 12.4. The Balaban J connectivity index is 2.02. The Labute approximate surface area is 161 Å². The lowest BCUT2D eigenvalue weighted by Crippen LogP contribution is -2.40. The van der Waals surface area contributed by atoms with Crippen LogP contribution in [0.3, 0.4) is 0 Å². The standard InChI is InChI=1S/C20H26N2O4S/c1-20(2,3)22-27(24,25)18-10-6-8-16(14-18)19(23)21-12-11-15-7-5-9-17(13-15)26-4/h5-10,13-14,22H,11-12H2,1-4H3,(H,21,23). The second kappa shape index (κ2) is 8.54. The van der Waals surface area contributed by atoms with E-state index in [0.717, 1.165) is 11.3 Å². The molecule has 0 radical (unpaired) electrons. The average Bonchev–Trinajstić information content (AvgIpc) is 2.60. The van der Waals surface area contributed by atoms with Gasteiger partial charge in [-0.25, -0.2) is 13.1 Å². The molecule has 6 nitrogen and oxygen atoms in total. The molecule has 2 N–H and O–H groups in total. The van der Waals surface area contributed by atoms with E-state index in [1.165, 1.54) is 12.1 Å². The Kier molecular flexibility index (Phi) is 6.62. The topological polar surface area (TPSA) is 84.5 Å². The predicted molar refractivity (Wildman–Crippen MR) is 106 cm³/mol. The van der Waals surface area contributed by atoms with Gasteiger partial charge >= 0.3 is 0 Å². The average molecular weight is 391 g/mol. The number of amides is 1. The van der Waals surface area contributed by atoms with Crippen LogP contribution >= 0.6 is 0 Å². The molecule has 0 atom stereocenters. The van der Waals surface area contributed by atoms with E-state index in [2.05, 4.69) is 10.0 Å². The largest absolute Gasteiger partial charge is 0.497 e. The number of carbonyl (C=O) groups is 1. The van der Waals surface area contributed by atoms with Crippen LogP contribution in [0.1, 0.15) is 36.7 Å². The number of carbonyl (C=O) groups excluding carboxylic acids is 1. The molecule has 146 valence electrons. The van der Waals surface area contributed by atoms with E-state index < -0.39 is 15.6 Å². The molecule has 2 aromatic carbocycles. The number of rotatable bonds is 7. The molecule has 0 aliphatic heterocycles. The van der Waals surface area contributed by atoms with E-state index in [1.54, 1.807) is 40.0 Å². The molecule has 7 heteroatoms. The molecule has 0 saturated heterocycles. The quantitative estimate of drug-likeness (QED) is 0.761. The number of methoxy groups -OCH3 is 1. The molecule has 0 heterocycles. The first-order valence-corrected chi connectivity index (χ1v) is 10.1. The molecule has 2 rings (SSSR count). The Morgan fingerprint density at radius 2 is 1.78 bits per heavy atom. The zero-order chi connectivity index (χ0) is 20.1. The van der Waals surface area contributed by atoms with Crippen molar-refractivity contribution in [2.24, 2.45) is 0 Å². The highest BCUT2D eigenvalue weighted by Gasteiger charge is 2.22. The number of hydrogen-bond acceptors (Lipinski definition) is 4. The Morgan fingerprint density at radius 1 is 1.07 bits per heavy atom. The van der Waals surface area contributed by atoms with Crippen LogP contribution in [0.15, 0.2) is 53.4 Å². The van der Waals surface area contributed by atoms with Crippen molar-refractivity contribution >= 4 is 15.9 Å². The van der Waals surface area contributed by atoms with Gasteiger partial charge in [0.25, 0.3) is 5.91 Å². The minimum Gasteiger partial charge on any atom is -0.497 e. The maximum atomic E-state index is 12.4. The summed E-state index contributed by atoms with van der Waals surface area (Å²) in [5.74, 6) is 0.453. The number of hydrogen-bond donors (Lipinski definition) is 2. The molecule has 2 aromatic rings. The second-order valence-electron chi connectivity index (χ2n) is 7.24. The fraction of sp³-hybridized carbons (Fsp3) is 0.350. The fourth-order valence-corrected chi connectivity index (χ4v) is 3.98. The van der Waals surface area contributed by atoms with Crippen LogP contribution in [0.5, 0.6) is 5.75 Å². The molecule has 0 spiro atoms. The highest BCUT2D eigenvalue weighted by Crippen LogP contribution is 2.15. The predicted octanol–water partition coefficient (Wildman–Crippen LogP) is 2.74. The van der Waals surface area contributed by atoms with Gasteiger partial charge in [0.2, 0.25) is 10.0 Å². The Morgan fingerprint density at radius 3 is 2.44 bits per heavy atom. The van der Waals surface area contributed by atoms with Gasteiger partial charge < -0.3 is 10.1 Å². The summed E-state index contributed by atoms with van der Waals surface area (Å²) in [5.41, 5.74) is 0.742. The van der Waals surface area contributed by atoms with Gasteiger partial charge in [0, 0.05) is 17.6 Å². The first-order chi connectivity index (χ1) is 12.6. The van der Waals surface area contributed by atoms with Gasteiger partial charge in [0.1, 0.15) is 5.75 Å². The number of nitrogens with one attached hydrogen (secondary N) is 2. The molecule has 0 unspecified atom stereocenters. The first kappa shape index (κ1) is 20.9. The third-order valence-electron chi connectivity index (χ3n) is 3.68. The van der Waals surface area contributed by atoms with Crippen LogP contribution in [-0.4, -0.2) is 33.5 Å². The fourth-order valence-electron chi connectivity index (χ4n) is 2.52. The normalized spacial score (nSPS) is 11.9. The zero-order valence-corrected chi connectivity index (χ0v) is 16.9. The summed E-state index contributed by atoms with van der Waals surface area (Å²) in [6, 6.07) is 13.6. The number of sulfonamides is 1. The van der Waals surface area contributed by atoms with Crippen molar-refractivity contribution in [2.75, 3.05) is 13.7 Å². The molecule has 0 saturated carbocycles. The van der Waals surface area contributed by atoms with Crippen molar-refractivity contribution in [3.63, 3.8) is 0 Å². The molecular formula is C20H26N2O4S. The summed E-state index contributed by atoms with van der Waals surface area (Å²) in [6.45, 7) is 5.72. The SMILES string of the molecule is COc1cccc(CCNC(=O)c2cccc(S(=O)(=O)NC(C)(C)C)c2)c1. The summed E-state index contributed by atoms with van der Waals surface area (Å²) in [7, 11) is -2.08. The van der Waals surface area contributed by atoms with Crippen molar-refractivity contribution in [3.05, 3.63) is 59.7 Å². The van der Waals surface area contributed by atoms with Gasteiger partial charge in [0.05, 0.1) is 12.0 Å². The van der Waals surface area contributed by atoms with Crippen LogP contribution in [0, 0.1) is 0 Å². The van der Waals surface area contributed by atoms with E-state index in [4.69, 9.17) is 4.74 Å². The zero-order valence-electron chi connectivity index (χ0n) is 16.1. The summed E-state index contributed by atoms with van der Waals surface area (Å²) < 4.78 is 32.6. The van der Waals surface area contributed by atoms with Crippen LogP contribution < -0.4 is 14.8 Å². The highest BCUT2D eigenvalue weighted by molar-refractivity contribution is 7.89. The van der Waals surface area contributed by atoms with Crippen molar-refractivity contribution in [2.45, 2.75) is 37.6 Å². The summed E-state index contributed by atoms with van der Waals surface area (Å²) in [6.07, 6.45) is 0.645. The second-order valence-corrected chi connectivity index (χ2v) is 8.92. The van der Waals surface area contributed by atoms with Gasteiger partial charge in [-0.15, -0.1) is 0 Å². The minimum absolute atomic E-state index is 0.0675. The summed E-state index contributed by atoms with van der Waals surface area (Å²) >= 11 is 0. The van der Waals surface area contributed by atoms with Crippen LogP contribution in [0.2, 0.25) is 0 Å². The lowest BCUT2D eigenvalue weighted by molar-refractivity contribution is 0.0954. The number of benzene rings is 2. The van der Waals surface area contributed by atoms with Gasteiger partial charge in [-0.05, 0) is 63.1 Å². The molecule has 27 heavy (non-hydrogen) atoms. The minimum atomic E-state index is -3.69.